The molecule has 0 heterocycles. The highest BCUT2D eigenvalue weighted by atomic mass is 16.5. The summed E-state index contributed by atoms with van der Waals surface area (Å²) in [5.41, 5.74) is 3.70. The molecule has 1 atom stereocenters. The lowest BCUT2D eigenvalue weighted by Crippen LogP contribution is -2.21. The van der Waals surface area contributed by atoms with Crippen LogP contribution >= 0.6 is 0 Å². The first kappa shape index (κ1) is 16.3. The Hall–Kier alpha value is -2.61. The van der Waals surface area contributed by atoms with E-state index in [0.717, 1.165) is 23.1 Å². The molecule has 0 saturated heterocycles. The molecule has 0 aromatic heterocycles. The average molecular weight is 318 g/mol. The van der Waals surface area contributed by atoms with Crippen LogP contribution in [0.2, 0.25) is 0 Å². The zero-order valence-corrected chi connectivity index (χ0v) is 14.2. The second-order valence-electron chi connectivity index (χ2n) is 6.28. The summed E-state index contributed by atoms with van der Waals surface area (Å²) in [7, 11) is 0. The van der Waals surface area contributed by atoms with Gasteiger partial charge in [-0.3, -0.25) is 0 Å². The zero-order valence-electron chi connectivity index (χ0n) is 14.2. The minimum Gasteiger partial charge on any atom is -0.463 e. The van der Waals surface area contributed by atoms with Crippen molar-refractivity contribution in [3.8, 4) is 0 Å². The van der Waals surface area contributed by atoms with E-state index >= 15 is 0 Å². The van der Waals surface area contributed by atoms with Gasteiger partial charge in [-0.15, -0.1) is 0 Å². The fourth-order valence-electron chi connectivity index (χ4n) is 3.31. The Morgan fingerprint density at radius 3 is 2.75 bits per heavy atom. The monoisotopic (exact) mass is 318 g/mol. The number of rotatable bonds is 4. The van der Waals surface area contributed by atoms with Crippen molar-refractivity contribution in [2.45, 2.75) is 20.3 Å². The van der Waals surface area contributed by atoms with E-state index in [-0.39, 0.29) is 11.4 Å². The molecule has 2 aliphatic carbocycles. The van der Waals surface area contributed by atoms with Gasteiger partial charge in [-0.1, -0.05) is 79.8 Å². The lowest BCUT2D eigenvalue weighted by Gasteiger charge is -2.23. The van der Waals surface area contributed by atoms with Crippen LogP contribution in [0, 0.1) is 5.41 Å². The molecular weight excluding hydrogens is 296 g/mol. The molecule has 0 aliphatic heterocycles. The fourth-order valence-corrected chi connectivity index (χ4v) is 3.31. The van der Waals surface area contributed by atoms with Gasteiger partial charge in [0.15, 0.2) is 0 Å². The molecule has 2 nitrogen and oxygen atoms in total. The Morgan fingerprint density at radius 2 is 2.00 bits per heavy atom. The van der Waals surface area contributed by atoms with Crippen LogP contribution in [0.3, 0.4) is 0 Å². The van der Waals surface area contributed by atoms with Gasteiger partial charge in [0.05, 0.1) is 12.2 Å². The van der Waals surface area contributed by atoms with Gasteiger partial charge < -0.3 is 4.74 Å². The van der Waals surface area contributed by atoms with E-state index in [1.807, 2.05) is 49.4 Å². The minimum absolute atomic E-state index is 0.220. The standard InChI is InChI=1S/C22H22O2/c1-3-24-21(23)20-19-13-9-5-8-12-18(19)16-22(20,2)15-14-17-10-6-4-7-11-17/h4-15H,3,16H2,1-2H3/b15-14+. The van der Waals surface area contributed by atoms with Crippen molar-refractivity contribution in [2.24, 2.45) is 5.41 Å². The first-order valence-corrected chi connectivity index (χ1v) is 8.34. The smallest absolute Gasteiger partial charge is 0.335 e. The quantitative estimate of drug-likeness (QED) is 0.728. The van der Waals surface area contributed by atoms with E-state index in [9.17, 15) is 4.79 Å². The fraction of sp³-hybridized carbons (Fsp3) is 0.227. The number of hydrogen-bond acceptors (Lipinski definition) is 2. The molecule has 0 amide bonds. The Kier molecular flexibility index (Phi) is 4.66. The molecule has 122 valence electrons. The number of hydrogen-bond donors (Lipinski definition) is 0. The van der Waals surface area contributed by atoms with Crippen molar-refractivity contribution < 1.29 is 9.53 Å². The molecule has 1 aromatic carbocycles. The van der Waals surface area contributed by atoms with Crippen molar-refractivity contribution in [1.82, 2.24) is 0 Å². The number of carbonyl (C=O) groups is 1. The molecule has 0 spiro atoms. The van der Waals surface area contributed by atoms with Crippen LogP contribution in [-0.2, 0) is 9.53 Å². The van der Waals surface area contributed by atoms with E-state index in [4.69, 9.17) is 4.74 Å². The van der Waals surface area contributed by atoms with Crippen LogP contribution in [0.1, 0.15) is 25.8 Å². The minimum atomic E-state index is -0.362. The normalized spacial score (nSPS) is 22.5. The van der Waals surface area contributed by atoms with Crippen LogP contribution < -0.4 is 0 Å². The Balaban J connectivity index is 2.03. The maximum absolute atomic E-state index is 12.6. The maximum Gasteiger partial charge on any atom is 0.335 e. The number of benzene rings is 1. The van der Waals surface area contributed by atoms with Gasteiger partial charge in [0.1, 0.15) is 0 Å². The van der Waals surface area contributed by atoms with Crippen molar-refractivity contribution in [1.29, 1.82) is 0 Å². The molecule has 0 saturated carbocycles. The van der Waals surface area contributed by atoms with E-state index < -0.39 is 0 Å². The lowest BCUT2D eigenvalue weighted by molar-refractivity contribution is -0.139. The molecule has 1 unspecified atom stereocenters. The Bertz CT molecular complexity index is 775. The topological polar surface area (TPSA) is 26.3 Å². The van der Waals surface area contributed by atoms with Gasteiger partial charge in [0.25, 0.3) is 0 Å². The summed E-state index contributed by atoms with van der Waals surface area (Å²) in [6.45, 7) is 4.34. The van der Waals surface area contributed by atoms with Gasteiger partial charge in [0.2, 0.25) is 0 Å². The molecule has 0 N–H and O–H groups in total. The van der Waals surface area contributed by atoms with Gasteiger partial charge in [-0.2, -0.15) is 0 Å². The summed E-state index contributed by atoms with van der Waals surface area (Å²) in [6, 6.07) is 10.2. The van der Waals surface area contributed by atoms with Gasteiger partial charge in [0, 0.05) is 5.41 Å². The SMILES string of the molecule is CCOC(=O)C1=C2C=CC=CC=C2CC1(C)/C=C/c1ccccc1. The third-order valence-corrected chi connectivity index (χ3v) is 4.45. The Labute approximate surface area is 143 Å². The summed E-state index contributed by atoms with van der Waals surface area (Å²) in [5.74, 6) is -0.220. The zero-order chi connectivity index (χ0) is 17.0. The van der Waals surface area contributed by atoms with E-state index in [1.54, 1.807) is 0 Å². The predicted octanol–water partition coefficient (Wildman–Crippen LogP) is 5.02. The molecule has 0 fully saturated rings. The number of ether oxygens (including phenoxy) is 1. The first-order valence-electron chi connectivity index (χ1n) is 8.34. The van der Waals surface area contributed by atoms with Crippen molar-refractivity contribution in [3.05, 3.63) is 89.1 Å². The summed E-state index contributed by atoms with van der Waals surface area (Å²) in [4.78, 5) is 12.6. The third-order valence-electron chi connectivity index (χ3n) is 4.45. The molecular formula is C22H22O2. The predicted molar refractivity (Wildman–Crippen MR) is 98.2 cm³/mol. The van der Waals surface area contributed by atoms with Crippen LogP contribution in [-0.4, -0.2) is 12.6 Å². The van der Waals surface area contributed by atoms with Gasteiger partial charge in [-0.25, -0.2) is 4.79 Å². The van der Waals surface area contributed by atoms with Crippen LogP contribution in [0.15, 0.2) is 83.5 Å². The molecule has 24 heavy (non-hydrogen) atoms. The van der Waals surface area contributed by atoms with E-state index in [2.05, 4.69) is 37.3 Å². The summed E-state index contributed by atoms with van der Waals surface area (Å²) in [6.07, 6.45) is 15.1. The number of esters is 1. The molecule has 1 aromatic rings. The van der Waals surface area contributed by atoms with Gasteiger partial charge >= 0.3 is 5.97 Å². The van der Waals surface area contributed by atoms with Crippen molar-refractivity contribution >= 4 is 12.0 Å². The number of fused-ring (bicyclic) bond motifs is 1. The van der Waals surface area contributed by atoms with Crippen LogP contribution in [0.25, 0.3) is 6.08 Å². The first-order chi connectivity index (χ1) is 11.6. The highest BCUT2D eigenvalue weighted by Gasteiger charge is 2.41. The van der Waals surface area contributed by atoms with Gasteiger partial charge in [-0.05, 0) is 30.1 Å². The summed E-state index contributed by atoms with van der Waals surface area (Å²) < 4.78 is 5.35. The van der Waals surface area contributed by atoms with E-state index in [1.165, 1.54) is 5.57 Å². The summed E-state index contributed by atoms with van der Waals surface area (Å²) >= 11 is 0. The largest absolute Gasteiger partial charge is 0.463 e. The molecule has 2 aliphatic rings. The highest BCUT2D eigenvalue weighted by Crippen LogP contribution is 2.48. The molecule has 0 radical (unpaired) electrons. The maximum atomic E-state index is 12.6. The third kappa shape index (κ3) is 3.18. The van der Waals surface area contributed by atoms with Crippen LogP contribution in [0.4, 0.5) is 0 Å². The highest BCUT2D eigenvalue weighted by molar-refractivity contribution is 5.95. The molecule has 3 rings (SSSR count). The lowest BCUT2D eigenvalue weighted by atomic mass is 9.81. The second-order valence-corrected chi connectivity index (χ2v) is 6.28. The summed E-state index contributed by atoms with van der Waals surface area (Å²) in [5, 5.41) is 0. The average Bonchev–Trinajstić information content (AvgIpc) is 2.71. The molecule has 0 bridgehead atoms. The molecule has 2 heteroatoms. The number of allylic oxidation sites excluding steroid dienone is 8. The Morgan fingerprint density at radius 1 is 1.21 bits per heavy atom. The van der Waals surface area contributed by atoms with E-state index in [0.29, 0.717) is 6.61 Å². The number of carbonyl (C=O) groups excluding carboxylic acids is 1. The second kappa shape index (κ2) is 6.88. The van der Waals surface area contributed by atoms with Crippen LogP contribution in [0.5, 0.6) is 0 Å². The van der Waals surface area contributed by atoms with Crippen molar-refractivity contribution in [3.63, 3.8) is 0 Å². The van der Waals surface area contributed by atoms with Crippen molar-refractivity contribution in [2.75, 3.05) is 6.61 Å².